The number of hydrogen-bond donors (Lipinski definition) is 1. The van der Waals surface area contributed by atoms with Gasteiger partial charge in [0.1, 0.15) is 0 Å². The van der Waals surface area contributed by atoms with E-state index in [2.05, 4.69) is 11.9 Å². The lowest BCUT2D eigenvalue weighted by atomic mass is 9.99. The van der Waals surface area contributed by atoms with Gasteiger partial charge in [-0.25, -0.2) is 0 Å². The molecule has 3 heterocycles. The molecule has 1 aromatic carbocycles. The average Bonchev–Trinajstić information content (AvgIpc) is 3.51. The van der Waals surface area contributed by atoms with Crippen molar-refractivity contribution in [2.45, 2.75) is 32.2 Å². The summed E-state index contributed by atoms with van der Waals surface area (Å²) in [6, 6.07) is 8.53. The summed E-state index contributed by atoms with van der Waals surface area (Å²) >= 11 is 7.16. The van der Waals surface area contributed by atoms with Crippen molar-refractivity contribution in [3.05, 3.63) is 63.3 Å². The van der Waals surface area contributed by atoms with E-state index < -0.39 is 5.92 Å². The van der Waals surface area contributed by atoms with Crippen LogP contribution in [0.3, 0.4) is 0 Å². The Bertz CT molecular complexity index is 1060. The van der Waals surface area contributed by atoms with E-state index in [1.165, 1.54) is 11.3 Å². The number of nitrogens with zero attached hydrogens (tertiary/aromatic N) is 2. The maximum Gasteiger partial charge on any atom is 0.261 e. The highest BCUT2D eigenvalue weighted by Gasteiger charge is 2.41. The smallest absolute Gasteiger partial charge is 0.261 e. The third-order valence-corrected chi connectivity index (χ3v) is 7.36. The van der Waals surface area contributed by atoms with Crippen molar-refractivity contribution in [1.82, 2.24) is 10.2 Å². The van der Waals surface area contributed by atoms with Gasteiger partial charge >= 0.3 is 0 Å². The Morgan fingerprint density at radius 1 is 1.25 bits per heavy atom. The predicted molar refractivity (Wildman–Crippen MR) is 128 cm³/mol. The number of allylic oxidation sites excluding steroid dienone is 1. The zero-order valence-corrected chi connectivity index (χ0v) is 19.5. The van der Waals surface area contributed by atoms with Crippen molar-refractivity contribution < 1.29 is 14.4 Å². The van der Waals surface area contributed by atoms with E-state index in [1.807, 2.05) is 24.0 Å². The average molecular weight is 472 g/mol. The van der Waals surface area contributed by atoms with Gasteiger partial charge < -0.3 is 15.1 Å². The van der Waals surface area contributed by atoms with E-state index in [0.717, 1.165) is 37.2 Å². The number of carbonyl (C=O) groups is 3. The number of benzene rings is 1. The van der Waals surface area contributed by atoms with Crippen molar-refractivity contribution >= 4 is 46.3 Å². The van der Waals surface area contributed by atoms with Crippen molar-refractivity contribution in [3.8, 4) is 0 Å². The van der Waals surface area contributed by atoms with Gasteiger partial charge in [-0.05, 0) is 62.1 Å². The third-order valence-electron chi connectivity index (χ3n) is 6.13. The summed E-state index contributed by atoms with van der Waals surface area (Å²) in [6.45, 7) is 7.63. The Hall–Kier alpha value is -2.64. The topological polar surface area (TPSA) is 69.7 Å². The lowest BCUT2D eigenvalue weighted by Crippen LogP contribution is -2.40. The van der Waals surface area contributed by atoms with E-state index >= 15 is 0 Å². The van der Waals surface area contributed by atoms with Crippen molar-refractivity contribution in [1.29, 1.82) is 0 Å². The van der Waals surface area contributed by atoms with Crippen LogP contribution in [0.15, 0.2) is 43.0 Å². The number of amides is 3. The van der Waals surface area contributed by atoms with Crippen LogP contribution in [0.25, 0.3) is 0 Å². The van der Waals surface area contributed by atoms with Crippen LogP contribution in [0.1, 0.15) is 44.9 Å². The first-order valence-electron chi connectivity index (χ1n) is 10.8. The van der Waals surface area contributed by atoms with Gasteiger partial charge in [0.2, 0.25) is 5.91 Å². The number of nitrogens with one attached hydrogen (secondary N) is 1. The molecule has 3 amide bonds. The largest absolute Gasteiger partial charge is 0.346 e. The molecule has 4 rings (SSSR count). The van der Waals surface area contributed by atoms with E-state index in [1.54, 1.807) is 29.2 Å². The molecule has 0 spiro atoms. The van der Waals surface area contributed by atoms with Crippen molar-refractivity contribution in [2.24, 2.45) is 5.92 Å². The van der Waals surface area contributed by atoms with Crippen LogP contribution in [-0.2, 0) is 4.79 Å². The Morgan fingerprint density at radius 2 is 2.00 bits per heavy atom. The van der Waals surface area contributed by atoms with Crippen LogP contribution in [0, 0.1) is 12.8 Å². The highest BCUT2D eigenvalue weighted by molar-refractivity contribution is 7.18. The molecule has 0 saturated carbocycles. The zero-order chi connectivity index (χ0) is 22.8. The second-order valence-corrected chi connectivity index (χ2v) is 9.98. The maximum atomic E-state index is 13.2. The molecule has 8 heteroatoms. The van der Waals surface area contributed by atoms with E-state index in [-0.39, 0.29) is 23.8 Å². The molecule has 2 aromatic rings. The first-order chi connectivity index (χ1) is 15.4. The van der Waals surface area contributed by atoms with Crippen LogP contribution in [0.5, 0.6) is 0 Å². The molecule has 168 valence electrons. The fraction of sp³-hybridized carbons (Fsp3) is 0.375. The lowest BCUT2D eigenvalue weighted by Gasteiger charge is -2.20. The quantitative estimate of drug-likeness (QED) is 0.639. The van der Waals surface area contributed by atoms with E-state index in [9.17, 15) is 14.4 Å². The standard InChI is InChI=1S/C24H26ClN3O3S/c1-3-6-18-19(26-22(29)20-9-10-21(25)32-20)14-28(24(18)31)16-7-8-17(15(2)13-16)23(30)27-11-4-5-12-27/h3,7-10,13,18-19H,1,4-6,11-12,14H2,2H3,(H,26,29). The number of hydrogen-bond acceptors (Lipinski definition) is 4. The van der Waals surface area contributed by atoms with E-state index in [0.29, 0.717) is 27.7 Å². The Balaban J connectivity index is 1.53. The molecule has 2 saturated heterocycles. The van der Waals surface area contributed by atoms with Gasteiger partial charge in [0, 0.05) is 30.9 Å². The van der Waals surface area contributed by atoms with Gasteiger partial charge in [-0.15, -0.1) is 17.9 Å². The van der Waals surface area contributed by atoms with Gasteiger partial charge in [-0.1, -0.05) is 17.7 Å². The van der Waals surface area contributed by atoms with Crippen LogP contribution in [-0.4, -0.2) is 48.3 Å². The molecule has 1 aromatic heterocycles. The minimum atomic E-state index is -0.391. The van der Waals surface area contributed by atoms with Crippen LogP contribution in [0.2, 0.25) is 4.34 Å². The fourth-order valence-corrected chi connectivity index (χ4v) is 5.38. The molecule has 0 radical (unpaired) electrons. The lowest BCUT2D eigenvalue weighted by molar-refractivity contribution is -0.120. The van der Waals surface area contributed by atoms with Gasteiger partial charge in [-0.3, -0.25) is 14.4 Å². The summed E-state index contributed by atoms with van der Waals surface area (Å²) in [6.07, 6.45) is 4.26. The number of rotatable bonds is 6. The number of aryl methyl sites for hydroxylation is 1. The highest BCUT2D eigenvalue weighted by Crippen LogP contribution is 2.30. The minimum Gasteiger partial charge on any atom is -0.346 e. The number of likely N-dealkylation sites (tertiary alicyclic amines) is 1. The summed E-state index contributed by atoms with van der Waals surface area (Å²) in [7, 11) is 0. The second kappa shape index (κ2) is 9.46. The second-order valence-electron chi connectivity index (χ2n) is 8.26. The van der Waals surface area contributed by atoms with Crippen LogP contribution in [0.4, 0.5) is 5.69 Å². The Labute approximate surface area is 196 Å². The summed E-state index contributed by atoms with van der Waals surface area (Å²) in [5.74, 6) is -0.641. The molecular formula is C24H26ClN3O3S. The fourth-order valence-electron chi connectivity index (χ4n) is 4.43. The molecule has 2 unspecified atom stereocenters. The molecule has 2 atom stereocenters. The van der Waals surface area contributed by atoms with E-state index in [4.69, 9.17) is 11.6 Å². The highest BCUT2D eigenvalue weighted by atomic mass is 35.5. The molecule has 2 aliphatic heterocycles. The number of halogens is 1. The summed E-state index contributed by atoms with van der Waals surface area (Å²) in [5, 5.41) is 3.00. The maximum absolute atomic E-state index is 13.2. The molecular weight excluding hydrogens is 446 g/mol. The molecule has 2 aliphatic rings. The molecule has 2 fully saturated rings. The van der Waals surface area contributed by atoms with Gasteiger partial charge in [-0.2, -0.15) is 0 Å². The minimum absolute atomic E-state index is 0.0450. The SMILES string of the molecule is C=CCC1C(=O)N(c2ccc(C(=O)N3CCCC3)c(C)c2)CC1NC(=O)c1ccc(Cl)s1. The molecule has 1 N–H and O–H groups in total. The zero-order valence-electron chi connectivity index (χ0n) is 18.0. The summed E-state index contributed by atoms with van der Waals surface area (Å²) < 4.78 is 0.543. The third kappa shape index (κ3) is 4.45. The molecule has 0 aliphatic carbocycles. The number of anilines is 1. The summed E-state index contributed by atoms with van der Waals surface area (Å²) in [5.41, 5.74) is 2.24. The van der Waals surface area contributed by atoms with Crippen molar-refractivity contribution in [2.75, 3.05) is 24.5 Å². The Kier molecular flexibility index (Phi) is 6.67. The first kappa shape index (κ1) is 22.6. The predicted octanol–water partition coefficient (Wildman–Crippen LogP) is 4.28. The molecule has 6 nitrogen and oxygen atoms in total. The van der Waals surface area contributed by atoms with Crippen LogP contribution < -0.4 is 10.2 Å². The van der Waals surface area contributed by atoms with Crippen molar-refractivity contribution in [3.63, 3.8) is 0 Å². The monoisotopic (exact) mass is 471 g/mol. The molecule has 0 bridgehead atoms. The Morgan fingerprint density at radius 3 is 2.62 bits per heavy atom. The normalized spacial score (nSPS) is 20.6. The van der Waals surface area contributed by atoms with Crippen LogP contribution >= 0.6 is 22.9 Å². The number of thiophene rings is 1. The van der Waals surface area contributed by atoms with Gasteiger partial charge in [0.15, 0.2) is 0 Å². The van der Waals surface area contributed by atoms with Gasteiger partial charge in [0.25, 0.3) is 11.8 Å². The molecule has 32 heavy (non-hydrogen) atoms. The number of carbonyl (C=O) groups excluding carboxylic acids is 3. The van der Waals surface area contributed by atoms with Gasteiger partial charge in [0.05, 0.1) is 21.2 Å². The summed E-state index contributed by atoms with van der Waals surface area (Å²) in [4.78, 5) is 42.7. The first-order valence-corrected chi connectivity index (χ1v) is 12.0.